The molecule has 2 atom stereocenters. The van der Waals surface area contributed by atoms with Gasteiger partial charge in [0, 0.05) is 30.1 Å². The number of aliphatic imine (C=N–C) groups is 1. The third-order valence-electron chi connectivity index (χ3n) is 3.76. The molecule has 2 aliphatic heterocycles. The number of fused-ring (bicyclic) bond motifs is 1. The Morgan fingerprint density at radius 1 is 1.33 bits per heavy atom. The Kier molecular flexibility index (Phi) is 3.30. The van der Waals surface area contributed by atoms with E-state index in [-0.39, 0.29) is 6.29 Å². The van der Waals surface area contributed by atoms with E-state index < -0.39 is 0 Å². The summed E-state index contributed by atoms with van der Waals surface area (Å²) < 4.78 is 0. The van der Waals surface area contributed by atoms with E-state index in [0.717, 1.165) is 18.7 Å². The lowest BCUT2D eigenvalue weighted by atomic mass is 10.0. The second kappa shape index (κ2) is 5.08. The molecular weight excluding hydrogens is 224 g/mol. The molecular formula is C14H20N4. The van der Waals surface area contributed by atoms with E-state index in [2.05, 4.69) is 33.4 Å². The maximum atomic E-state index is 6.11. The zero-order valence-corrected chi connectivity index (χ0v) is 10.5. The monoisotopic (exact) mass is 244 g/mol. The lowest BCUT2D eigenvalue weighted by Crippen LogP contribution is -2.51. The zero-order chi connectivity index (χ0) is 12.4. The van der Waals surface area contributed by atoms with Crippen molar-refractivity contribution in [3.05, 3.63) is 29.8 Å². The first-order chi connectivity index (χ1) is 8.84. The number of nitrogens with zero attached hydrogens (tertiary/aromatic N) is 2. The Labute approximate surface area is 108 Å². The van der Waals surface area contributed by atoms with Gasteiger partial charge >= 0.3 is 0 Å². The standard InChI is InChI=1S/C14H20N4/c15-14-17-9-11-5-1-2-7-13(11)18(14)10-12-6-3-4-8-16-12/h1-2,5,7,9,12,14,16H,3-4,6,8,10,15H2/t12?,14-/m1/s1. The largest absolute Gasteiger partial charge is 0.336 e. The Hall–Kier alpha value is -1.39. The SMILES string of the molecule is N[C@@H]1N=Cc2ccccc2N1CC1CCCCN1. The van der Waals surface area contributed by atoms with Gasteiger partial charge in [0.2, 0.25) is 0 Å². The summed E-state index contributed by atoms with van der Waals surface area (Å²) in [6, 6.07) is 8.85. The highest BCUT2D eigenvalue weighted by Crippen LogP contribution is 2.25. The molecule has 0 saturated carbocycles. The minimum Gasteiger partial charge on any atom is -0.336 e. The summed E-state index contributed by atoms with van der Waals surface area (Å²) >= 11 is 0. The van der Waals surface area contributed by atoms with Crippen molar-refractivity contribution in [3.8, 4) is 0 Å². The topological polar surface area (TPSA) is 53.6 Å². The molecule has 0 radical (unpaired) electrons. The summed E-state index contributed by atoms with van der Waals surface area (Å²) in [6.07, 6.45) is 5.46. The number of para-hydroxylation sites is 1. The van der Waals surface area contributed by atoms with Crippen LogP contribution in [0.5, 0.6) is 0 Å². The van der Waals surface area contributed by atoms with Crippen molar-refractivity contribution in [2.75, 3.05) is 18.0 Å². The first kappa shape index (κ1) is 11.7. The summed E-state index contributed by atoms with van der Waals surface area (Å²) in [6.45, 7) is 2.06. The van der Waals surface area contributed by atoms with Gasteiger partial charge in [-0.25, -0.2) is 0 Å². The second-order valence-electron chi connectivity index (χ2n) is 5.05. The van der Waals surface area contributed by atoms with Crippen LogP contribution in [0, 0.1) is 0 Å². The van der Waals surface area contributed by atoms with Gasteiger partial charge in [0.1, 0.15) is 0 Å². The van der Waals surface area contributed by atoms with Gasteiger partial charge in [-0.1, -0.05) is 24.6 Å². The van der Waals surface area contributed by atoms with Crippen molar-refractivity contribution in [1.29, 1.82) is 0 Å². The molecule has 0 bridgehead atoms. The fraction of sp³-hybridized carbons (Fsp3) is 0.500. The molecule has 0 amide bonds. The number of rotatable bonds is 2. The highest BCUT2D eigenvalue weighted by Gasteiger charge is 2.24. The third kappa shape index (κ3) is 2.26. The van der Waals surface area contributed by atoms with Gasteiger partial charge in [0.25, 0.3) is 0 Å². The number of anilines is 1. The van der Waals surface area contributed by atoms with Gasteiger partial charge in [-0.05, 0) is 25.5 Å². The van der Waals surface area contributed by atoms with Crippen molar-refractivity contribution in [3.63, 3.8) is 0 Å². The fourth-order valence-electron chi connectivity index (χ4n) is 2.76. The van der Waals surface area contributed by atoms with Gasteiger partial charge in [0.15, 0.2) is 6.29 Å². The molecule has 1 fully saturated rings. The molecule has 4 heteroatoms. The lowest BCUT2D eigenvalue weighted by Gasteiger charge is -2.36. The maximum Gasteiger partial charge on any atom is 0.173 e. The van der Waals surface area contributed by atoms with Crippen molar-refractivity contribution in [1.82, 2.24) is 5.32 Å². The van der Waals surface area contributed by atoms with Crippen LogP contribution in [0.25, 0.3) is 0 Å². The Morgan fingerprint density at radius 2 is 2.22 bits per heavy atom. The molecule has 0 spiro atoms. The van der Waals surface area contributed by atoms with E-state index in [4.69, 9.17) is 5.73 Å². The van der Waals surface area contributed by atoms with Crippen molar-refractivity contribution in [2.45, 2.75) is 31.6 Å². The van der Waals surface area contributed by atoms with Crippen LogP contribution in [0.1, 0.15) is 24.8 Å². The third-order valence-corrected chi connectivity index (χ3v) is 3.76. The fourth-order valence-corrected chi connectivity index (χ4v) is 2.76. The van der Waals surface area contributed by atoms with Gasteiger partial charge in [-0.15, -0.1) is 0 Å². The average Bonchev–Trinajstić information content (AvgIpc) is 2.43. The number of benzene rings is 1. The summed E-state index contributed by atoms with van der Waals surface area (Å²) in [5.41, 5.74) is 8.47. The van der Waals surface area contributed by atoms with Crippen LogP contribution in [0.2, 0.25) is 0 Å². The minimum absolute atomic E-state index is 0.247. The number of nitrogens with two attached hydrogens (primary N) is 1. The second-order valence-corrected chi connectivity index (χ2v) is 5.05. The summed E-state index contributed by atoms with van der Waals surface area (Å²) in [4.78, 5) is 6.58. The molecule has 2 aliphatic rings. The van der Waals surface area contributed by atoms with Crippen LogP contribution >= 0.6 is 0 Å². The van der Waals surface area contributed by atoms with Crippen molar-refractivity contribution in [2.24, 2.45) is 10.7 Å². The molecule has 96 valence electrons. The predicted octanol–water partition coefficient (Wildman–Crippen LogP) is 1.31. The molecule has 1 saturated heterocycles. The van der Waals surface area contributed by atoms with E-state index in [1.807, 2.05) is 12.3 Å². The normalized spacial score (nSPS) is 27.1. The molecule has 1 aromatic rings. The molecule has 0 aromatic heterocycles. The predicted molar refractivity (Wildman–Crippen MR) is 75.0 cm³/mol. The quantitative estimate of drug-likeness (QED) is 0.824. The van der Waals surface area contributed by atoms with Crippen molar-refractivity contribution >= 4 is 11.9 Å². The highest BCUT2D eigenvalue weighted by atomic mass is 15.3. The molecule has 2 heterocycles. The number of hydrogen-bond acceptors (Lipinski definition) is 4. The molecule has 1 unspecified atom stereocenters. The van der Waals surface area contributed by atoms with Gasteiger partial charge in [0.05, 0.1) is 0 Å². The van der Waals surface area contributed by atoms with E-state index in [9.17, 15) is 0 Å². The highest BCUT2D eigenvalue weighted by molar-refractivity contribution is 5.90. The van der Waals surface area contributed by atoms with E-state index in [0.29, 0.717) is 6.04 Å². The van der Waals surface area contributed by atoms with Crippen LogP contribution in [0.3, 0.4) is 0 Å². The average molecular weight is 244 g/mol. The van der Waals surface area contributed by atoms with Gasteiger partial charge < -0.3 is 10.2 Å². The first-order valence-corrected chi connectivity index (χ1v) is 6.72. The number of piperidine rings is 1. The van der Waals surface area contributed by atoms with Gasteiger partial charge in [-0.2, -0.15) is 0 Å². The first-order valence-electron chi connectivity index (χ1n) is 6.72. The maximum absolute atomic E-state index is 6.11. The number of nitrogens with one attached hydrogen (secondary N) is 1. The Morgan fingerprint density at radius 3 is 3.06 bits per heavy atom. The minimum atomic E-state index is -0.247. The van der Waals surface area contributed by atoms with E-state index in [1.165, 1.54) is 24.9 Å². The molecule has 1 aromatic carbocycles. The smallest absolute Gasteiger partial charge is 0.173 e. The summed E-state index contributed by atoms with van der Waals surface area (Å²) in [7, 11) is 0. The van der Waals surface area contributed by atoms with Crippen LogP contribution in [-0.2, 0) is 0 Å². The van der Waals surface area contributed by atoms with Crippen molar-refractivity contribution < 1.29 is 0 Å². The molecule has 3 N–H and O–H groups in total. The van der Waals surface area contributed by atoms with Crippen LogP contribution in [0.4, 0.5) is 5.69 Å². The van der Waals surface area contributed by atoms with Crippen LogP contribution < -0.4 is 16.0 Å². The Balaban J connectivity index is 1.79. The molecule has 0 aliphatic carbocycles. The van der Waals surface area contributed by atoms with Crippen LogP contribution in [0.15, 0.2) is 29.3 Å². The van der Waals surface area contributed by atoms with Gasteiger partial charge in [-0.3, -0.25) is 10.7 Å². The molecule has 3 rings (SSSR count). The molecule has 4 nitrogen and oxygen atoms in total. The lowest BCUT2D eigenvalue weighted by molar-refractivity contribution is 0.390. The van der Waals surface area contributed by atoms with E-state index >= 15 is 0 Å². The zero-order valence-electron chi connectivity index (χ0n) is 10.5. The summed E-state index contributed by atoms with van der Waals surface area (Å²) in [5.74, 6) is 0. The Bertz CT molecular complexity index is 437. The van der Waals surface area contributed by atoms with E-state index in [1.54, 1.807) is 0 Å². The molecule has 18 heavy (non-hydrogen) atoms. The van der Waals surface area contributed by atoms with Crippen LogP contribution in [-0.4, -0.2) is 31.6 Å². The summed E-state index contributed by atoms with van der Waals surface area (Å²) in [5, 5.41) is 3.57. The number of hydrogen-bond donors (Lipinski definition) is 2.